The monoisotopic (exact) mass is 329 g/mol. The Kier molecular flexibility index (Phi) is 7.63. The summed E-state index contributed by atoms with van der Waals surface area (Å²) in [6.45, 7) is 1.10. The molecule has 0 N–H and O–H groups in total. The third-order valence-electron chi connectivity index (χ3n) is 2.54. The van der Waals surface area contributed by atoms with E-state index in [2.05, 4.69) is 34.9 Å². The van der Waals surface area contributed by atoms with E-state index in [1.807, 2.05) is 36.0 Å². The van der Waals surface area contributed by atoms with Crippen molar-refractivity contribution in [3.63, 3.8) is 0 Å². The van der Waals surface area contributed by atoms with E-state index in [-0.39, 0.29) is 5.78 Å². The van der Waals surface area contributed by atoms with Crippen LogP contribution in [0.4, 0.5) is 0 Å². The second-order valence-corrected chi connectivity index (χ2v) is 6.59. The van der Waals surface area contributed by atoms with E-state index in [0.29, 0.717) is 6.42 Å². The summed E-state index contributed by atoms with van der Waals surface area (Å²) in [5.41, 5.74) is 0.816. The Morgan fingerprint density at radius 1 is 1.22 bits per heavy atom. The Morgan fingerprint density at radius 2 is 1.89 bits per heavy atom. The van der Waals surface area contributed by atoms with E-state index in [1.165, 1.54) is 0 Å². The Labute approximate surface area is 122 Å². The van der Waals surface area contributed by atoms with Crippen molar-refractivity contribution in [2.45, 2.75) is 12.8 Å². The number of ketones is 1. The molecule has 0 aliphatic carbocycles. The topological polar surface area (TPSA) is 20.3 Å². The van der Waals surface area contributed by atoms with Crippen molar-refractivity contribution in [1.29, 1.82) is 0 Å². The zero-order valence-corrected chi connectivity index (χ0v) is 13.4. The van der Waals surface area contributed by atoms with Crippen molar-refractivity contribution in [3.05, 3.63) is 34.3 Å². The molecule has 0 aliphatic rings. The molecule has 1 rings (SSSR count). The van der Waals surface area contributed by atoms with Gasteiger partial charge in [0, 0.05) is 28.8 Å². The fraction of sp³-hybridized carbons (Fsp3) is 0.500. The number of halogens is 1. The molecule has 0 bridgehead atoms. The predicted octanol–water partition coefficient (Wildman–Crippen LogP) is 3.71. The van der Waals surface area contributed by atoms with E-state index in [9.17, 15) is 4.79 Å². The Balaban J connectivity index is 2.16. The standard InChI is InChI=1S/C14H20BrNOS/c1-16(2)9-11-18-10-3-4-14(17)12-5-7-13(15)8-6-12/h5-8H,3-4,9-11H2,1-2H3. The van der Waals surface area contributed by atoms with Crippen molar-refractivity contribution in [2.75, 3.05) is 32.1 Å². The highest BCUT2D eigenvalue weighted by Crippen LogP contribution is 2.13. The van der Waals surface area contributed by atoms with Gasteiger partial charge in [0.1, 0.15) is 0 Å². The van der Waals surface area contributed by atoms with Gasteiger partial charge in [-0.15, -0.1) is 0 Å². The fourth-order valence-electron chi connectivity index (χ4n) is 1.46. The largest absolute Gasteiger partial charge is 0.309 e. The quantitative estimate of drug-likeness (QED) is 0.535. The number of hydrogen-bond donors (Lipinski definition) is 0. The zero-order chi connectivity index (χ0) is 13.4. The molecular formula is C14H20BrNOS. The normalized spacial score (nSPS) is 10.9. The molecule has 0 radical (unpaired) electrons. The van der Waals surface area contributed by atoms with Gasteiger partial charge < -0.3 is 4.90 Å². The molecule has 100 valence electrons. The molecule has 0 saturated carbocycles. The number of hydrogen-bond acceptors (Lipinski definition) is 3. The highest BCUT2D eigenvalue weighted by molar-refractivity contribution is 9.10. The molecule has 0 amide bonds. The molecule has 0 aromatic heterocycles. The van der Waals surface area contributed by atoms with Gasteiger partial charge in [-0.1, -0.05) is 28.1 Å². The third kappa shape index (κ3) is 6.57. The van der Waals surface area contributed by atoms with Crippen molar-refractivity contribution >= 4 is 33.5 Å². The molecule has 0 atom stereocenters. The average molecular weight is 330 g/mol. The first kappa shape index (κ1) is 15.7. The van der Waals surface area contributed by atoms with Crippen LogP contribution in [0.2, 0.25) is 0 Å². The van der Waals surface area contributed by atoms with Gasteiger partial charge in [0.15, 0.2) is 5.78 Å². The van der Waals surface area contributed by atoms with Gasteiger partial charge in [-0.05, 0) is 38.4 Å². The average Bonchev–Trinajstić information content (AvgIpc) is 2.34. The molecule has 1 aromatic carbocycles. The summed E-state index contributed by atoms with van der Waals surface area (Å²) in [6, 6.07) is 7.59. The highest BCUT2D eigenvalue weighted by Gasteiger charge is 2.05. The molecular weight excluding hydrogens is 310 g/mol. The van der Waals surface area contributed by atoms with Crippen LogP contribution in [0.1, 0.15) is 23.2 Å². The van der Waals surface area contributed by atoms with Crippen molar-refractivity contribution < 1.29 is 4.79 Å². The van der Waals surface area contributed by atoms with Crippen LogP contribution < -0.4 is 0 Å². The molecule has 0 heterocycles. The molecule has 0 spiro atoms. The van der Waals surface area contributed by atoms with Crippen LogP contribution in [-0.2, 0) is 0 Å². The number of benzene rings is 1. The SMILES string of the molecule is CN(C)CCSCCCC(=O)c1ccc(Br)cc1. The van der Waals surface area contributed by atoms with Gasteiger partial charge in [0.05, 0.1) is 0 Å². The van der Waals surface area contributed by atoms with Crippen LogP contribution in [0, 0.1) is 0 Å². The second-order valence-electron chi connectivity index (χ2n) is 4.45. The van der Waals surface area contributed by atoms with Gasteiger partial charge in [0.25, 0.3) is 0 Å². The molecule has 0 unspecified atom stereocenters. The number of rotatable bonds is 8. The van der Waals surface area contributed by atoms with Gasteiger partial charge in [0.2, 0.25) is 0 Å². The first-order chi connectivity index (χ1) is 8.59. The van der Waals surface area contributed by atoms with Crippen LogP contribution in [0.5, 0.6) is 0 Å². The zero-order valence-electron chi connectivity index (χ0n) is 11.0. The lowest BCUT2D eigenvalue weighted by Crippen LogP contribution is -2.15. The van der Waals surface area contributed by atoms with Gasteiger partial charge >= 0.3 is 0 Å². The molecule has 2 nitrogen and oxygen atoms in total. The summed E-state index contributed by atoms with van der Waals surface area (Å²) in [7, 11) is 4.16. The molecule has 0 aliphatic heterocycles. The lowest BCUT2D eigenvalue weighted by molar-refractivity contribution is 0.0982. The summed E-state index contributed by atoms with van der Waals surface area (Å²) in [4.78, 5) is 14.0. The Bertz CT molecular complexity index is 365. The van der Waals surface area contributed by atoms with Crippen LogP contribution in [0.3, 0.4) is 0 Å². The van der Waals surface area contributed by atoms with E-state index in [1.54, 1.807) is 0 Å². The van der Waals surface area contributed by atoms with E-state index in [0.717, 1.165) is 34.5 Å². The van der Waals surface area contributed by atoms with Crippen LogP contribution >= 0.6 is 27.7 Å². The number of nitrogens with zero attached hydrogens (tertiary/aromatic N) is 1. The minimum absolute atomic E-state index is 0.246. The van der Waals surface area contributed by atoms with E-state index >= 15 is 0 Å². The van der Waals surface area contributed by atoms with Crippen molar-refractivity contribution in [3.8, 4) is 0 Å². The van der Waals surface area contributed by atoms with E-state index in [4.69, 9.17) is 0 Å². The van der Waals surface area contributed by atoms with Crippen LogP contribution in [-0.4, -0.2) is 42.8 Å². The summed E-state index contributed by atoms with van der Waals surface area (Å²) in [6.07, 6.45) is 1.61. The van der Waals surface area contributed by atoms with Gasteiger partial charge in [-0.25, -0.2) is 0 Å². The van der Waals surface area contributed by atoms with Crippen LogP contribution in [0.25, 0.3) is 0 Å². The second kappa shape index (κ2) is 8.73. The van der Waals surface area contributed by atoms with Crippen molar-refractivity contribution in [1.82, 2.24) is 4.90 Å². The fourth-order valence-corrected chi connectivity index (χ4v) is 2.78. The maximum atomic E-state index is 11.9. The van der Waals surface area contributed by atoms with E-state index < -0.39 is 0 Å². The summed E-state index contributed by atoms with van der Waals surface area (Å²) in [5, 5.41) is 0. The van der Waals surface area contributed by atoms with Crippen molar-refractivity contribution in [2.24, 2.45) is 0 Å². The molecule has 0 fully saturated rings. The molecule has 4 heteroatoms. The molecule has 1 aromatic rings. The number of Topliss-reactive ketones (excluding diaryl/α,β-unsaturated/α-hetero) is 1. The number of thioether (sulfide) groups is 1. The molecule has 18 heavy (non-hydrogen) atoms. The lowest BCUT2D eigenvalue weighted by Gasteiger charge is -2.08. The number of carbonyl (C=O) groups is 1. The lowest BCUT2D eigenvalue weighted by atomic mass is 10.1. The smallest absolute Gasteiger partial charge is 0.162 e. The first-order valence-corrected chi connectivity index (χ1v) is 8.05. The van der Waals surface area contributed by atoms with Gasteiger partial charge in [-0.3, -0.25) is 4.79 Å². The highest BCUT2D eigenvalue weighted by atomic mass is 79.9. The minimum atomic E-state index is 0.246. The maximum Gasteiger partial charge on any atom is 0.162 e. The number of carbonyl (C=O) groups excluding carboxylic acids is 1. The maximum absolute atomic E-state index is 11.9. The van der Waals surface area contributed by atoms with Crippen LogP contribution in [0.15, 0.2) is 28.7 Å². The summed E-state index contributed by atoms with van der Waals surface area (Å²) in [5.74, 6) is 2.45. The third-order valence-corrected chi connectivity index (χ3v) is 4.12. The summed E-state index contributed by atoms with van der Waals surface area (Å²) < 4.78 is 1.01. The Hall–Kier alpha value is -0.320. The molecule has 0 saturated heterocycles. The minimum Gasteiger partial charge on any atom is -0.309 e. The first-order valence-electron chi connectivity index (χ1n) is 6.11. The Morgan fingerprint density at radius 3 is 2.50 bits per heavy atom. The summed E-state index contributed by atoms with van der Waals surface area (Å²) >= 11 is 5.29. The predicted molar refractivity (Wildman–Crippen MR) is 83.6 cm³/mol. The van der Waals surface area contributed by atoms with Gasteiger partial charge in [-0.2, -0.15) is 11.8 Å².